The van der Waals surface area contributed by atoms with E-state index in [2.05, 4.69) is 20.1 Å². The molecular formula is C25H28N4O4. The topological polar surface area (TPSA) is 87.5 Å². The van der Waals surface area contributed by atoms with Crippen LogP contribution in [0.5, 0.6) is 17.2 Å². The van der Waals surface area contributed by atoms with Crippen molar-refractivity contribution in [2.45, 2.75) is 32.2 Å². The molecule has 0 spiro atoms. The molecule has 1 N–H and O–H groups in total. The lowest BCUT2D eigenvalue weighted by Gasteiger charge is -2.12. The van der Waals surface area contributed by atoms with E-state index < -0.39 is 0 Å². The molecule has 3 aromatic rings. The number of nitrogens with one attached hydrogen (secondary N) is 1. The molecule has 172 valence electrons. The molecule has 1 aromatic heterocycles. The Hall–Kier alpha value is -3.81. The van der Waals surface area contributed by atoms with Gasteiger partial charge in [-0.2, -0.15) is 0 Å². The zero-order chi connectivity index (χ0) is 23.2. The smallest absolute Gasteiger partial charge is 0.248 e. The molecule has 0 fully saturated rings. The number of carbonyl (C=O) groups excluding carboxylic acids is 1. The van der Waals surface area contributed by atoms with Gasteiger partial charge >= 0.3 is 0 Å². The Bertz CT molecular complexity index is 1140. The minimum atomic E-state index is -0.249. The van der Waals surface area contributed by atoms with Crippen molar-refractivity contribution in [1.82, 2.24) is 14.8 Å². The minimum Gasteiger partial charge on any atom is -0.493 e. The number of benzene rings is 2. The molecule has 1 aliphatic heterocycles. The average Bonchev–Trinajstić information content (AvgIpc) is 3.10. The van der Waals surface area contributed by atoms with Crippen molar-refractivity contribution >= 4 is 17.7 Å². The molecule has 8 nitrogen and oxygen atoms in total. The Kier molecular flexibility index (Phi) is 6.92. The summed E-state index contributed by atoms with van der Waals surface area (Å²) in [5.74, 6) is 3.18. The third-order valence-electron chi connectivity index (χ3n) is 5.61. The van der Waals surface area contributed by atoms with Crippen LogP contribution in [0.15, 0.2) is 42.5 Å². The van der Waals surface area contributed by atoms with E-state index in [0.717, 1.165) is 48.6 Å². The number of carbonyl (C=O) groups is 1. The van der Waals surface area contributed by atoms with Gasteiger partial charge in [0.15, 0.2) is 17.3 Å². The van der Waals surface area contributed by atoms with Crippen LogP contribution in [-0.4, -0.2) is 42.0 Å². The van der Waals surface area contributed by atoms with Crippen LogP contribution in [0.1, 0.15) is 30.7 Å². The number of aromatic nitrogens is 3. The lowest BCUT2D eigenvalue weighted by molar-refractivity contribution is -0.111. The fraction of sp³-hybridized carbons (Fsp3) is 0.320. The standard InChI is InChI=1S/C25H28N4O4/c1-31-20-14-17(15-21(32-2)24(20)33-3)11-12-23(30)26-19-9-7-8-18(16-19)25-28-27-22-10-5-4-6-13-29(22)25/h7-9,11-12,14-16H,4-6,10,13H2,1-3H3,(H,26,30)/b12-11+. The molecule has 2 aromatic carbocycles. The van der Waals surface area contributed by atoms with Crippen LogP contribution >= 0.6 is 0 Å². The number of amides is 1. The van der Waals surface area contributed by atoms with Crippen molar-refractivity contribution in [1.29, 1.82) is 0 Å². The van der Waals surface area contributed by atoms with Crippen molar-refractivity contribution in [2.75, 3.05) is 26.6 Å². The van der Waals surface area contributed by atoms with Crippen molar-refractivity contribution in [2.24, 2.45) is 0 Å². The Morgan fingerprint density at radius 3 is 2.52 bits per heavy atom. The number of hydrogen-bond acceptors (Lipinski definition) is 6. The fourth-order valence-corrected chi connectivity index (χ4v) is 3.99. The van der Waals surface area contributed by atoms with Crippen LogP contribution in [0.25, 0.3) is 17.5 Å². The van der Waals surface area contributed by atoms with E-state index in [0.29, 0.717) is 22.9 Å². The second-order valence-electron chi connectivity index (χ2n) is 7.76. The van der Waals surface area contributed by atoms with Crippen LogP contribution < -0.4 is 19.5 Å². The van der Waals surface area contributed by atoms with Crippen molar-refractivity contribution in [3.05, 3.63) is 53.9 Å². The summed E-state index contributed by atoms with van der Waals surface area (Å²) in [6, 6.07) is 11.2. The van der Waals surface area contributed by atoms with Crippen LogP contribution in [0, 0.1) is 0 Å². The third kappa shape index (κ3) is 5.00. The highest BCUT2D eigenvalue weighted by Crippen LogP contribution is 2.38. The first kappa shape index (κ1) is 22.4. The predicted octanol–water partition coefficient (Wildman–Crippen LogP) is 4.35. The molecule has 0 atom stereocenters. The van der Waals surface area contributed by atoms with Gasteiger partial charge in [0, 0.05) is 30.3 Å². The number of anilines is 1. The molecule has 0 radical (unpaired) electrons. The van der Waals surface area contributed by atoms with Crippen molar-refractivity contribution in [3.63, 3.8) is 0 Å². The average molecular weight is 449 g/mol. The van der Waals surface area contributed by atoms with Crippen molar-refractivity contribution < 1.29 is 19.0 Å². The number of nitrogens with zero attached hydrogens (tertiary/aromatic N) is 3. The molecule has 8 heteroatoms. The zero-order valence-corrected chi connectivity index (χ0v) is 19.1. The second kappa shape index (κ2) is 10.2. The summed E-state index contributed by atoms with van der Waals surface area (Å²) in [5.41, 5.74) is 2.37. The summed E-state index contributed by atoms with van der Waals surface area (Å²) in [6.45, 7) is 0.922. The summed E-state index contributed by atoms with van der Waals surface area (Å²) in [4.78, 5) is 12.6. The van der Waals surface area contributed by atoms with Gasteiger partial charge in [-0.15, -0.1) is 10.2 Å². The molecule has 33 heavy (non-hydrogen) atoms. The molecule has 1 amide bonds. The molecule has 1 aliphatic rings. The van der Waals surface area contributed by atoms with E-state index in [1.54, 1.807) is 39.5 Å². The van der Waals surface area contributed by atoms with Crippen LogP contribution in [-0.2, 0) is 17.8 Å². The monoisotopic (exact) mass is 448 g/mol. The quantitative estimate of drug-likeness (QED) is 0.541. The largest absolute Gasteiger partial charge is 0.493 e. The maximum atomic E-state index is 12.6. The summed E-state index contributed by atoms with van der Waals surface area (Å²) >= 11 is 0. The Balaban J connectivity index is 1.50. The molecule has 2 heterocycles. The minimum absolute atomic E-state index is 0.249. The van der Waals surface area contributed by atoms with Crippen LogP contribution in [0.3, 0.4) is 0 Å². The lowest BCUT2D eigenvalue weighted by atomic mass is 10.1. The first-order chi connectivity index (χ1) is 16.1. The molecular weight excluding hydrogens is 420 g/mol. The van der Waals surface area contributed by atoms with E-state index in [4.69, 9.17) is 14.2 Å². The van der Waals surface area contributed by atoms with Gasteiger partial charge in [-0.3, -0.25) is 4.79 Å². The lowest BCUT2D eigenvalue weighted by Crippen LogP contribution is -2.08. The molecule has 0 aliphatic carbocycles. The second-order valence-corrected chi connectivity index (χ2v) is 7.76. The van der Waals surface area contributed by atoms with Gasteiger partial charge in [0.25, 0.3) is 0 Å². The van der Waals surface area contributed by atoms with Gasteiger partial charge in [0.2, 0.25) is 11.7 Å². The SMILES string of the molecule is COc1cc(/C=C/C(=O)Nc2cccc(-c3nnc4n3CCCCC4)c2)cc(OC)c1OC. The van der Waals surface area contributed by atoms with Gasteiger partial charge in [-0.1, -0.05) is 18.6 Å². The molecule has 0 unspecified atom stereocenters. The maximum Gasteiger partial charge on any atom is 0.248 e. The van der Waals surface area contributed by atoms with E-state index >= 15 is 0 Å². The van der Waals surface area contributed by atoms with Gasteiger partial charge < -0.3 is 24.1 Å². The van der Waals surface area contributed by atoms with E-state index in [9.17, 15) is 4.79 Å². The van der Waals surface area contributed by atoms with E-state index in [1.807, 2.05) is 24.3 Å². The highest BCUT2D eigenvalue weighted by molar-refractivity contribution is 6.02. The molecule has 0 bridgehead atoms. The van der Waals surface area contributed by atoms with Crippen LogP contribution in [0.4, 0.5) is 5.69 Å². The number of ether oxygens (including phenoxy) is 3. The molecule has 0 saturated heterocycles. The first-order valence-corrected chi connectivity index (χ1v) is 10.9. The number of fused-ring (bicyclic) bond motifs is 1. The highest BCUT2D eigenvalue weighted by atomic mass is 16.5. The number of aryl methyl sites for hydroxylation is 1. The van der Waals surface area contributed by atoms with E-state index in [1.165, 1.54) is 12.5 Å². The Morgan fingerprint density at radius 1 is 1.00 bits per heavy atom. The first-order valence-electron chi connectivity index (χ1n) is 10.9. The number of hydrogen-bond donors (Lipinski definition) is 1. The summed E-state index contributed by atoms with van der Waals surface area (Å²) in [5, 5.41) is 11.7. The normalized spacial score (nSPS) is 13.3. The molecule has 0 saturated carbocycles. The number of rotatable bonds is 7. The van der Waals surface area contributed by atoms with Crippen LogP contribution in [0.2, 0.25) is 0 Å². The van der Waals surface area contributed by atoms with Gasteiger partial charge in [0.05, 0.1) is 21.3 Å². The van der Waals surface area contributed by atoms with Gasteiger partial charge in [0.1, 0.15) is 5.82 Å². The summed E-state index contributed by atoms with van der Waals surface area (Å²) < 4.78 is 18.3. The predicted molar refractivity (Wildman–Crippen MR) is 127 cm³/mol. The van der Waals surface area contributed by atoms with Gasteiger partial charge in [-0.25, -0.2) is 0 Å². The Labute approximate surface area is 193 Å². The fourth-order valence-electron chi connectivity index (χ4n) is 3.99. The summed E-state index contributed by atoms with van der Waals surface area (Å²) in [6.07, 6.45) is 7.59. The highest BCUT2D eigenvalue weighted by Gasteiger charge is 2.16. The van der Waals surface area contributed by atoms with Gasteiger partial charge in [-0.05, 0) is 48.7 Å². The molecule has 4 rings (SSSR count). The maximum absolute atomic E-state index is 12.6. The Morgan fingerprint density at radius 2 is 1.79 bits per heavy atom. The van der Waals surface area contributed by atoms with E-state index in [-0.39, 0.29) is 5.91 Å². The third-order valence-corrected chi connectivity index (χ3v) is 5.61. The zero-order valence-electron chi connectivity index (χ0n) is 19.1. The summed E-state index contributed by atoms with van der Waals surface area (Å²) in [7, 11) is 4.66. The van der Waals surface area contributed by atoms with Crippen molar-refractivity contribution in [3.8, 4) is 28.6 Å². The number of methoxy groups -OCH3 is 3.